The molecule has 0 bridgehead atoms. The summed E-state index contributed by atoms with van der Waals surface area (Å²) in [4.78, 5) is 4.03. The minimum atomic E-state index is -0.507. The quantitative estimate of drug-likeness (QED) is 0.747. The van der Waals surface area contributed by atoms with Crippen LogP contribution in [-0.4, -0.2) is 22.5 Å². The van der Waals surface area contributed by atoms with Crippen LogP contribution in [0.25, 0.3) is 11.6 Å². The van der Waals surface area contributed by atoms with Gasteiger partial charge >= 0.3 is 0 Å². The third-order valence-corrected chi connectivity index (χ3v) is 3.86. The number of nitrogens with zero attached hydrogens (tertiary/aromatic N) is 1. The second-order valence-corrected chi connectivity index (χ2v) is 5.49. The van der Waals surface area contributed by atoms with Crippen LogP contribution in [0.15, 0.2) is 72.0 Å². The topological polar surface area (TPSA) is 88.1 Å². The molecule has 0 aliphatic carbocycles. The smallest absolute Gasteiger partial charge is 0.152 e. The molecule has 2 aromatic rings. The molecule has 5 nitrogen and oxygen atoms in total. The number of fused-ring (bicyclic) bond motifs is 1. The molecular formula is C20H18N2O3. The highest BCUT2D eigenvalue weighted by atomic mass is 16.5. The number of phenols is 2. The first-order valence-electron chi connectivity index (χ1n) is 7.69. The van der Waals surface area contributed by atoms with Crippen LogP contribution in [0.1, 0.15) is 11.1 Å². The highest BCUT2D eigenvalue weighted by Gasteiger charge is 2.27. The SMILES string of the molecule is C=C/N=C\C(=C/N)C1Oc2cc(O)ccc2C=C1c1ccc(O)cc1. The van der Waals surface area contributed by atoms with Crippen molar-refractivity contribution in [3.63, 3.8) is 0 Å². The maximum Gasteiger partial charge on any atom is 0.152 e. The van der Waals surface area contributed by atoms with E-state index in [4.69, 9.17) is 10.5 Å². The number of benzene rings is 2. The summed E-state index contributed by atoms with van der Waals surface area (Å²) in [7, 11) is 0. The van der Waals surface area contributed by atoms with Gasteiger partial charge in [-0.2, -0.15) is 0 Å². The van der Waals surface area contributed by atoms with E-state index in [-0.39, 0.29) is 11.5 Å². The number of ether oxygens (including phenoxy) is 1. The Hall–Kier alpha value is -3.47. The van der Waals surface area contributed by atoms with Gasteiger partial charge in [-0.3, -0.25) is 4.99 Å². The monoisotopic (exact) mass is 334 g/mol. The van der Waals surface area contributed by atoms with Crippen molar-refractivity contribution in [2.24, 2.45) is 10.7 Å². The Morgan fingerprint density at radius 2 is 1.84 bits per heavy atom. The summed E-state index contributed by atoms with van der Waals surface area (Å²) in [5, 5.41) is 19.3. The molecule has 4 N–H and O–H groups in total. The van der Waals surface area contributed by atoms with Crippen molar-refractivity contribution in [1.82, 2.24) is 0 Å². The second kappa shape index (κ2) is 6.97. The van der Waals surface area contributed by atoms with Crippen molar-refractivity contribution < 1.29 is 14.9 Å². The maximum absolute atomic E-state index is 9.72. The number of phenolic OH excluding ortho intramolecular Hbond substituents is 2. The zero-order valence-electron chi connectivity index (χ0n) is 13.5. The molecule has 0 saturated carbocycles. The van der Waals surface area contributed by atoms with E-state index >= 15 is 0 Å². The number of nitrogens with two attached hydrogens (primary N) is 1. The van der Waals surface area contributed by atoms with Crippen molar-refractivity contribution in [1.29, 1.82) is 0 Å². The molecule has 3 rings (SSSR count). The molecular weight excluding hydrogens is 316 g/mol. The zero-order chi connectivity index (χ0) is 17.8. The first-order valence-corrected chi connectivity index (χ1v) is 7.69. The molecule has 1 atom stereocenters. The fourth-order valence-electron chi connectivity index (χ4n) is 2.65. The van der Waals surface area contributed by atoms with Gasteiger partial charge in [0.15, 0.2) is 6.10 Å². The van der Waals surface area contributed by atoms with E-state index in [9.17, 15) is 10.2 Å². The number of rotatable bonds is 4. The van der Waals surface area contributed by atoms with Crippen LogP contribution in [0.3, 0.4) is 0 Å². The lowest BCUT2D eigenvalue weighted by Crippen LogP contribution is -2.25. The van der Waals surface area contributed by atoms with Crippen LogP contribution in [0.4, 0.5) is 0 Å². The first kappa shape index (κ1) is 16.4. The lowest BCUT2D eigenvalue weighted by atomic mass is 9.91. The van der Waals surface area contributed by atoms with Crippen LogP contribution in [0.5, 0.6) is 17.2 Å². The molecule has 5 heteroatoms. The molecule has 25 heavy (non-hydrogen) atoms. The molecule has 1 heterocycles. The number of aromatic hydroxyl groups is 2. The van der Waals surface area contributed by atoms with Gasteiger partial charge in [0.1, 0.15) is 17.2 Å². The van der Waals surface area contributed by atoms with Crippen LogP contribution >= 0.6 is 0 Å². The molecule has 1 aliphatic heterocycles. The Morgan fingerprint density at radius 1 is 1.12 bits per heavy atom. The molecule has 0 aromatic heterocycles. The summed E-state index contributed by atoms with van der Waals surface area (Å²) in [5.74, 6) is 0.863. The summed E-state index contributed by atoms with van der Waals surface area (Å²) in [6.45, 7) is 3.56. The second-order valence-electron chi connectivity index (χ2n) is 5.49. The minimum absolute atomic E-state index is 0.122. The Kier molecular flexibility index (Phi) is 4.57. The van der Waals surface area contributed by atoms with E-state index in [1.807, 2.05) is 18.2 Å². The Labute approximate surface area is 145 Å². The standard InChI is InChI=1S/C20H18N2O3/c1-2-22-12-15(11-21)20-18(13-3-6-16(23)7-4-13)9-14-5-8-17(24)10-19(14)25-20/h2-12,20,23-24H,1,21H2/b15-11+,22-12-. The minimum Gasteiger partial charge on any atom is -0.508 e. The molecule has 126 valence electrons. The normalized spacial score (nSPS) is 16.9. The lowest BCUT2D eigenvalue weighted by molar-refractivity contribution is 0.293. The number of hydrogen-bond acceptors (Lipinski definition) is 5. The highest BCUT2D eigenvalue weighted by molar-refractivity contribution is 5.94. The van der Waals surface area contributed by atoms with Crippen molar-refractivity contribution in [3.05, 3.63) is 78.1 Å². The van der Waals surface area contributed by atoms with E-state index in [1.54, 1.807) is 36.5 Å². The fourth-order valence-corrected chi connectivity index (χ4v) is 2.65. The molecule has 0 amide bonds. The average molecular weight is 334 g/mol. The molecule has 0 fully saturated rings. The van der Waals surface area contributed by atoms with Crippen molar-refractivity contribution in [2.75, 3.05) is 0 Å². The van der Waals surface area contributed by atoms with Gasteiger partial charge in [0, 0.05) is 41.4 Å². The Morgan fingerprint density at radius 3 is 2.52 bits per heavy atom. The van der Waals surface area contributed by atoms with Gasteiger partial charge in [-0.25, -0.2) is 0 Å². The highest BCUT2D eigenvalue weighted by Crippen LogP contribution is 2.38. The number of aliphatic imine (C=N–C) groups is 1. The Bertz CT molecular complexity index is 880. The van der Waals surface area contributed by atoms with E-state index in [2.05, 4.69) is 11.6 Å². The van der Waals surface area contributed by atoms with Crippen molar-refractivity contribution >= 4 is 17.9 Å². The molecule has 0 spiro atoms. The van der Waals surface area contributed by atoms with Crippen LogP contribution in [-0.2, 0) is 0 Å². The summed E-state index contributed by atoms with van der Waals surface area (Å²) in [6.07, 6.45) is 5.89. The maximum atomic E-state index is 9.72. The lowest BCUT2D eigenvalue weighted by Gasteiger charge is -2.28. The Balaban J connectivity index is 2.13. The van der Waals surface area contributed by atoms with Gasteiger partial charge < -0.3 is 20.7 Å². The zero-order valence-corrected chi connectivity index (χ0v) is 13.5. The predicted octanol–water partition coefficient (Wildman–Crippen LogP) is 3.46. The summed E-state index contributed by atoms with van der Waals surface area (Å²) < 4.78 is 6.10. The first-order chi connectivity index (χ1) is 12.1. The van der Waals surface area contributed by atoms with Crippen molar-refractivity contribution in [3.8, 4) is 17.2 Å². The van der Waals surface area contributed by atoms with Gasteiger partial charge in [0.2, 0.25) is 0 Å². The summed E-state index contributed by atoms with van der Waals surface area (Å²) >= 11 is 0. The average Bonchev–Trinajstić information content (AvgIpc) is 2.62. The predicted molar refractivity (Wildman–Crippen MR) is 99.5 cm³/mol. The molecule has 1 aliphatic rings. The van der Waals surface area contributed by atoms with E-state index in [0.717, 1.165) is 16.7 Å². The third kappa shape index (κ3) is 3.40. The summed E-state index contributed by atoms with van der Waals surface area (Å²) in [5.41, 5.74) is 9.01. The molecule has 0 saturated heterocycles. The largest absolute Gasteiger partial charge is 0.508 e. The van der Waals surface area contributed by atoms with Crippen molar-refractivity contribution in [2.45, 2.75) is 6.10 Å². The van der Waals surface area contributed by atoms with E-state index in [1.165, 1.54) is 12.4 Å². The summed E-state index contributed by atoms with van der Waals surface area (Å²) in [6, 6.07) is 11.8. The van der Waals surface area contributed by atoms with Crippen LogP contribution in [0.2, 0.25) is 0 Å². The van der Waals surface area contributed by atoms with Crippen LogP contribution < -0.4 is 10.5 Å². The molecule has 1 unspecified atom stereocenters. The van der Waals surface area contributed by atoms with Gasteiger partial charge in [0.05, 0.1) is 0 Å². The van der Waals surface area contributed by atoms with Gasteiger partial charge in [0.25, 0.3) is 0 Å². The molecule has 0 radical (unpaired) electrons. The van der Waals surface area contributed by atoms with E-state index < -0.39 is 6.10 Å². The van der Waals surface area contributed by atoms with Gasteiger partial charge in [-0.05, 0) is 35.9 Å². The van der Waals surface area contributed by atoms with Gasteiger partial charge in [-0.1, -0.05) is 18.7 Å². The van der Waals surface area contributed by atoms with Crippen LogP contribution in [0, 0.1) is 0 Å². The van der Waals surface area contributed by atoms with E-state index in [0.29, 0.717) is 11.3 Å². The molecule has 2 aromatic carbocycles. The number of hydrogen-bond donors (Lipinski definition) is 3. The van der Waals surface area contributed by atoms with Gasteiger partial charge in [-0.15, -0.1) is 0 Å². The fraction of sp³-hybridized carbons (Fsp3) is 0.0500. The third-order valence-electron chi connectivity index (χ3n) is 3.86.